The van der Waals surface area contributed by atoms with Crippen molar-refractivity contribution in [3.63, 3.8) is 0 Å². The molecule has 0 atom stereocenters. The van der Waals surface area contributed by atoms with Crippen molar-refractivity contribution >= 4 is 13.0 Å². The van der Waals surface area contributed by atoms with Crippen molar-refractivity contribution in [2.45, 2.75) is 32.3 Å². The lowest BCUT2D eigenvalue weighted by Crippen LogP contribution is -2.38. The molecule has 0 fully saturated rings. The van der Waals surface area contributed by atoms with Gasteiger partial charge in [0.05, 0.1) is 0 Å². The highest BCUT2D eigenvalue weighted by atomic mass is 19.4. The van der Waals surface area contributed by atoms with E-state index in [9.17, 15) is 23.0 Å². The highest BCUT2D eigenvalue weighted by Crippen LogP contribution is 2.13. The molecule has 9 heteroatoms. The van der Waals surface area contributed by atoms with Crippen LogP contribution in [0.3, 0.4) is 0 Å². The fraction of sp³-hybridized carbons (Fsp3) is 0.917. The summed E-state index contributed by atoms with van der Waals surface area (Å²) in [4.78, 5) is 14.4. The molecule has 0 aromatic heterocycles. The number of hydrogen-bond acceptors (Lipinski definition) is 4. The molecule has 0 rings (SSSR count). The Balaban J connectivity index is 3.55. The maximum absolute atomic E-state index is 11.9. The van der Waals surface area contributed by atoms with Gasteiger partial charge in [0, 0.05) is 6.54 Å². The SMILES string of the molecule is CB(O)N(C)CCCCN(C)CCCNC(=O)C(F)(F)F. The molecule has 124 valence electrons. The van der Waals surface area contributed by atoms with Crippen LogP contribution in [-0.4, -0.2) is 74.1 Å². The summed E-state index contributed by atoms with van der Waals surface area (Å²) >= 11 is 0. The molecular formula is C12H25BF3N3O2. The van der Waals surface area contributed by atoms with Gasteiger partial charge in [-0.05, 0) is 59.8 Å². The van der Waals surface area contributed by atoms with Crippen LogP contribution in [0.25, 0.3) is 0 Å². The molecule has 0 saturated heterocycles. The van der Waals surface area contributed by atoms with E-state index >= 15 is 0 Å². The third kappa shape index (κ3) is 10.6. The fourth-order valence-corrected chi connectivity index (χ4v) is 1.69. The molecule has 0 aromatic rings. The number of hydrogen-bond donors (Lipinski definition) is 2. The number of unbranched alkanes of at least 4 members (excludes halogenated alkanes) is 1. The predicted molar refractivity (Wildman–Crippen MR) is 76.9 cm³/mol. The number of nitrogens with one attached hydrogen (secondary N) is 1. The van der Waals surface area contributed by atoms with Crippen molar-refractivity contribution in [2.24, 2.45) is 0 Å². The van der Waals surface area contributed by atoms with Gasteiger partial charge in [-0.25, -0.2) is 0 Å². The molecule has 0 unspecified atom stereocenters. The van der Waals surface area contributed by atoms with E-state index in [4.69, 9.17) is 0 Å². The zero-order valence-electron chi connectivity index (χ0n) is 12.9. The van der Waals surface area contributed by atoms with E-state index in [-0.39, 0.29) is 6.54 Å². The van der Waals surface area contributed by atoms with Crippen LogP contribution >= 0.6 is 0 Å². The zero-order valence-corrected chi connectivity index (χ0v) is 12.9. The Morgan fingerprint density at radius 1 is 1.14 bits per heavy atom. The topological polar surface area (TPSA) is 55.8 Å². The lowest BCUT2D eigenvalue weighted by molar-refractivity contribution is -0.173. The van der Waals surface area contributed by atoms with Gasteiger partial charge in [0.15, 0.2) is 0 Å². The van der Waals surface area contributed by atoms with Crippen molar-refractivity contribution < 1.29 is 23.0 Å². The van der Waals surface area contributed by atoms with Gasteiger partial charge in [-0.3, -0.25) is 4.79 Å². The van der Waals surface area contributed by atoms with E-state index in [0.717, 1.165) is 25.9 Å². The minimum absolute atomic E-state index is 0.0213. The van der Waals surface area contributed by atoms with Gasteiger partial charge >= 0.3 is 19.1 Å². The van der Waals surface area contributed by atoms with E-state index in [0.29, 0.717) is 13.0 Å². The fourth-order valence-electron chi connectivity index (χ4n) is 1.69. The van der Waals surface area contributed by atoms with Crippen molar-refractivity contribution in [2.75, 3.05) is 40.3 Å². The monoisotopic (exact) mass is 311 g/mol. The maximum Gasteiger partial charge on any atom is 0.471 e. The second-order valence-corrected chi connectivity index (χ2v) is 5.23. The first-order chi connectivity index (χ1) is 9.64. The van der Waals surface area contributed by atoms with Crippen molar-refractivity contribution in [3.8, 4) is 0 Å². The first-order valence-corrected chi connectivity index (χ1v) is 7.06. The lowest BCUT2D eigenvalue weighted by atomic mass is 9.86. The number of carbonyl (C=O) groups is 1. The Hall–Kier alpha value is -0.795. The second kappa shape index (κ2) is 10.0. The highest BCUT2D eigenvalue weighted by molar-refractivity contribution is 6.45. The van der Waals surface area contributed by atoms with Crippen molar-refractivity contribution in [1.29, 1.82) is 0 Å². The normalized spacial score (nSPS) is 12.0. The number of nitrogens with zero attached hydrogens (tertiary/aromatic N) is 2. The third-order valence-electron chi connectivity index (χ3n) is 3.20. The summed E-state index contributed by atoms with van der Waals surface area (Å²) in [6.45, 7) is 3.99. The Morgan fingerprint density at radius 2 is 1.67 bits per heavy atom. The Labute approximate surface area is 124 Å². The summed E-state index contributed by atoms with van der Waals surface area (Å²) in [6.07, 6.45) is -2.44. The molecule has 0 aliphatic rings. The average molecular weight is 311 g/mol. The van der Waals surface area contributed by atoms with Crippen LogP contribution in [0.5, 0.6) is 0 Å². The van der Waals surface area contributed by atoms with E-state index in [1.54, 1.807) is 6.82 Å². The molecule has 0 spiro atoms. The molecule has 1 amide bonds. The number of halogens is 3. The lowest BCUT2D eigenvalue weighted by Gasteiger charge is -2.19. The van der Waals surface area contributed by atoms with E-state index < -0.39 is 19.1 Å². The molecule has 0 heterocycles. The average Bonchev–Trinajstić information content (AvgIpc) is 2.37. The van der Waals surface area contributed by atoms with Crippen LogP contribution in [0.4, 0.5) is 13.2 Å². The molecule has 5 nitrogen and oxygen atoms in total. The summed E-state index contributed by atoms with van der Waals surface area (Å²) in [5.74, 6) is -1.88. The molecule has 2 N–H and O–H groups in total. The van der Waals surface area contributed by atoms with Crippen molar-refractivity contribution in [1.82, 2.24) is 15.0 Å². The van der Waals surface area contributed by atoms with Crippen molar-refractivity contribution in [3.05, 3.63) is 0 Å². The van der Waals surface area contributed by atoms with Gasteiger partial charge in [-0.1, -0.05) is 0 Å². The van der Waals surface area contributed by atoms with Crippen LogP contribution in [0.2, 0.25) is 6.82 Å². The molecule has 0 aromatic carbocycles. The highest BCUT2D eigenvalue weighted by Gasteiger charge is 2.38. The molecule has 0 saturated carbocycles. The summed E-state index contributed by atoms with van der Waals surface area (Å²) in [6, 6.07) is 0. The quantitative estimate of drug-likeness (QED) is 0.463. The number of rotatable bonds is 10. The van der Waals surface area contributed by atoms with Crippen LogP contribution in [0.1, 0.15) is 19.3 Å². The molecule has 0 radical (unpaired) electrons. The van der Waals surface area contributed by atoms with E-state index in [1.807, 2.05) is 29.1 Å². The smallest absolute Gasteiger partial charge is 0.437 e. The standard InChI is InChI=1S/C12H25BF3N3O2/c1-13(21)19(3)10-5-4-8-18(2)9-6-7-17-11(20)12(14,15)16/h21H,4-10H2,1-3H3,(H,17,20). The van der Waals surface area contributed by atoms with Crippen LogP contribution in [0, 0.1) is 0 Å². The van der Waals surface area contributed by atoms with Gasteiger partial charge in [-0.15, -0.1) is 0 Å². The van der Waals surface area contributed by atoms with E-state index in [1.165, 1.54) is 0 Å². The first kappa shape index (κ1) is 20.2. The minimum atomic E-state index is -4.80. The Bertz CT molecular complexity index is 304. The molecule has 21 heavy (non-hydrogen) atoms. The Kier molecular flexibility index (Phi) is 9.64. The maximum atomic E-state index is 11.9. The number of alkyl halides is 3. The van der Waals surface area contributed by atoms with Gasteiger partial charge < -0.3 is 20.1 Å². The minimum Gasteiger partial charge on any atom is -0.437 e. The summed E-state index contributed by atoms with van der Waals surface area (Å²) in [7, 11) is 3.28. The Morgan fingerprint density at radius 3 is 2.19 bits per heavy atom. The largest absolute Gasteiger partial charge is 0.471 e. The first-order valence-electron chi connectivity index (χ1n) is 7.06. The number of carbonyl (C=O) groups excluding carboxylic acids is 1. The van der Waals surface area contributed by atoms with Crippen LogP contribution in [0.15, 0.2) is 0 Å². The molecule has 0 bridgehead atoms. The van der Waals surface area contributed by atoms with Crippen LogP contribution in [-0.2, 0) is 4.79 Å². The third-order valence-corrected chi connectivity index (χ3v) is 3.20. The van der Waals surface area contributed by atoms with Crippen LogP contribution < -0.4 is 5.32 Å². The molecular weight excluding hydrogens is 286 g/mol. The van der Waals surface area contributed by atoms with Gasteiger partial charge in [0.1, 0.15) is 0 Å². The molecule has 0 aliphatic carbocycles. The molecule has 0 aliphatic heterocycles. The van der Waals surface area contributed by atoms with Gasteiger partial charge in [0.2, 0.25) is 0 Å². The summed E-state index contributed by atoms with van der Waals surface area (Å²) < 4.78 is 35.8. The number of amides is 1. The van der Waals surface area contributed by atoms with Gasteiger partial charge in [0.25, 0.3) is 0 Å². The van der Waals surface area contributed by atoms with Gasteiger partial charge in [-0.2, -0.15) is 13.2 Å². The second-order valence-electron chi connectivity index (χ2n) is 5.23. The summed E-state index contributed by atoms with van der Waals surface area (Å²) in [5, 5.41) is 11.1. The zero-order chi connectivity index (χ0) is 16.5. The summed E-state index contributed by atoms with van der Waals surface area (Å²) in [5.41, 5.74) is 0. The van der Waals surface area contributed by atoms with E-state index in [2.05, 4.69) is 0 Å². The predicted octanol–water partition coefficient (Wildman–Crippen LogP) is 0.809.